The molecule has 0 saturated heterocycles. The lowest BCUT2D eigenvalue weighted by molar-refractivity contribution is 0.169. The predicted molar refractivity (Wildman–Crippen MR) is 64.8 cm³/mol. The van der Waals surface area contributed by atoms with Crippen LogP contribution < -0.4 is 14.2 Å². The molecule has 1 aliphatic rings. The van der Waals surface area contributed by atoms with Crippen LogP contribution >= 0.6 is 0 Å². The fourth-order valence-corrected chi connectivity index (χ4v) is 1.83. The van der Waals surface area contributed by atoms with Crippen molar-refractivity contribution < 1.29 is 14.2 Å². The first-order valence-electron chi connectivity index (χ1n) is 5.90. The number of hydrogen-bond donors (Lipinski definition) is 0. The molecule has 0 unspecified atom stereocenters. The van der Waals surface area contributed by atoms with Gasteiger partial charge in [-0.25, -0.2) is 0 Å². The molecule has 0 fully saturated rings. The van der Waals surface area contributed by atoms with Crippen LogP contribution in [0.5, 0.6) is 17.2 Å². The van der Waals surface area contributed by atoms with Gasteiger partial charge in [-0.2, -0.15) is 5.10 Å². The third-order valence-corrected chi connectivity index (χ3v) is 2.76. The molecule has 2 heterocycles. The monoisotopic (exact) mass is 246 g/mol. The Morgan fingerprint density at radius 1 is 1.33 bits per heavy atom. The average Bonchev–Trinajstić information content (AvgIpc) is 3.05. The minimum Gasteiger partial charge on any atom is -0.483 e. The summed E-state index contributed by atoms with van der Waals surface area (Å²) in [6, 6.07) is 7.56. The lowest BCUT2D eigenvalue weighted by Crippen LogP contribution is -2.00. The molecule has 0 atom stereocenters. The number of aromatic nitrogens is 2. The third-order valence-electron chi connectivity index (χ3n) is 2.76. The maximum absolute atomic E-state index is 5.71. The van der Waals surface area contributed by atoms with Crippen molar-refractivity contribution in [1.29, 1.82) is 0 Å². The zero-order valence-corrected chi connectivity index (χ0v) is 10.1. The smallest absolute Gasteiger partial charge is 0.231 e. The molecule has 94 valence electrons. The van der Waals surface area contributed by atoms with Crippen molar-refractivity contribution >= 4 is 0 Å². The highest BCUT2D eigenvalue weighted by Gasteiger charge is 2.18. The number of para-hydroxylation sites is 1. The van der Waals surface area contributed by atoms with Gasteiger partial charge in [0.25, 0.3) is 0 Å². The van der Waals surface area contributed by atoms with Gasteiger partial charge in [0.05, 0.1) is 5.69 Å². The molecule has 1 aromatic heterocycles. The summed E-state index contributed by atoms with van der Waals surface area (Å²) >= 11 is 0. The normalized spacial score (nSPS) is 12.7. The van der Waals surface area contributed by atoms with E-state index in [1.165, 1.54) is 0 Å². The molecule has 18 heavy (non-hydrogen) atoms. The summed E-state index contributed by atoms with van der Waals surface area (Å²) in [5, 5.41) is 4.36. The van der Waals surface area contributed by atoms with Crippen molar-refractivity contribution in [2.75, 3.05) is 6.79 Å². The molecule has 0 bridgehead atoms. The Labute approximate surface area is 105 Å². The van der Waals surface area contributed by atoms with Crippen molar-refractivity contribution in [3.8, 4) is 17.2 Å². The molecule has 1 aliphatic heterocycles. The van der Waals surface area contributed by atoms with Crippen LogP contribution in [0.3, 0.4) is 0 Å². The maximum Gasteiger partial charge on any atom is 0.231 e. The number of rotatable bonds is 4. The van der Waals surface area contributed by atoms with E-state index in [1.54, 1.807) is 0 Å². The van der Waals surface area contributed by atoms with Crippen molar-refractivity contribution in [2.45, 2.75) is 20.1 Å². The Balaban J connectivity index is 1.72. The average molecular weight is 246 g/mol. The molecule has 5 nitrogen and oxygen atoms in total. The van der Waals surface area contributed by atoms with Gasteiger partial charge in [0, 0.05) is 12.7 Å². The van der Waals surface area contributed by atoms with Gasteiger partial charge in [0.15, 0.2) is 11.5 Å². The van der Waals surface area contributed by atoms with Crippen LogP contribution in [0.1, 0.15) is 12.6 Å². The Morgan fingerprint density at radius 2 is 2.28 bits per heavy atom. The molecular formula is C13H14N2O3. The van der Waals surface area contributed by atoms with Gasteiger partial charge in [0.1, 0.15) is 6.61 Å². The molecule has 5 heteroatoms. The molecule has 1 aromatic carbocycles. The Kier molecular flexibility index (Phi) is 2.80. The van der Waals surface area contributed by atoms with Crippen LogP contribution in [0, 0.1) is 0 Å². The van der Waals surface area contributed by atoms with E-state index in [4.69, 9.17) is 14.2 Å². The molecular weight excluding hydrogens is 232 g/mol. The van der Waals surface area contributed by atoms with Crippen molar-refractivity contribution in [2.24, 2.45) is 0 Å². The maximum atomic E-state index is 5.71. The minimum atomic E-state index is 0.250. The van der Waals surface area contributed by atoms with Gasteiger partial charge in [-0.05, 0) is 25.1 Å². The van der Waals surface area contributed by atoms with Crippen LogP contribution in [0.4, 0.5) is 0 Å². The van der Waals surface area contributed by atoms with E-state index in [9.17, 15) is 0 Å². The highest BCUT2D eigenvalue weighted by atomic mass is 16.7. The van der Waals surface area contributed by atoms with Crippen LogP contribution in [0.15, 0.2) is 30.5 Å². The Morgan fingerprint density at radius 3 is 3.11 bits per heavy atom. The van der Waals surface area contributed by atoms with E-state index in [-0.39, 0.29) is 6.79 Å². The fourth-order valence-electron chi connectivity index (χ4n) is 1.83. The van der Waals surface area contributed by atoms with Crippen molar-refractivity contribution in [3.05, 3.63) is 36.2 Å². The number of ether oxygens (including phenoxy) is 3. The topological polar surface area (TPSA) is 45.5 Å². The summed E-state index contributed by atoms with van der Waals surface area (Å²) in [6.07, 6.45) is 1.94. The fraction of sp³-hybridized carbons (Fsp3) is 0.308. The molecule has 0 N–H and O–H groups in total. The summed E-state index contributed by atoms with van der Waals surface area (Å²) in [4.78, 5) is 0. The molecule has 0 aliphatic carbocycles. The van der Waals surface area contributed by atoms with Gasteiger partial charge >= 0.3 is 0 Å². The molecule has 0 spiro atoms. The molecule has 2 aromatic rings. The van der Waals surface area contributed by atoms with Gasteiger partial charge in [-0.3, -0.25) is 4.68 Å². The second kappa shape index (κ2) is 4.60. The van der Waals surface area contributed by atoms with Gasteiger partial charge < -0.3 is 14.2 Å². The standard InChI is InChI=1S/C13H14N2O3/c1-2-15-7-6-10(14-15)8-16-11-4-3-5-12-13(11)18-9-17-12/h3-7H,2,8-9H2,1H3. The zero-order valence-electron chi connectivity index (χ0n) is 10.1. The highest BCUT2D eigenvalue weighted by Crippen LogP contribution is 2.40. The molecule has 3 rings (SSSR count). The van der Waals surface area contributed by atoms with E-state index in [0.29, 0.717) is 18.1 Å². The Hall–Kier alpha value is -2.17. The first kappa shape index (κ1) is 11.0. The van der Waals surface area contributed by atoms with E-state index in [0.717, 1.165) is 18.0 Å². The first-order chi connectivity index (χ1) is 8.86. The predicted octanol–water partition coefficient (Wildman–Crippen LogP) is 2.21. The number of benzene rings is 1. The highest BCUT2D eigenvalue weighted by molar-refractivity contribution is 5.52. The summed E-state index contributed by atoms with van der Waals surface area (Å²) in [6.45, 7) is 3.58. The quantitative estimate of drug-likeness (QED) is 0.829. The summed E-state index contributed by atoms with van der Waals surface area (Å²) in [5.74, 6) is 2.09. The number of hydrogen-bond acceptors (Lipinski definition) is 4. The number of nitrogens with zero attached hydrogens (tertiary/aromatic N) is 2. The molecule has 0 amide bonds. The number of fused-ring (bicyclic) bond motifs is 1. The third kappa shape index (κ3) is 1.99. The second-order valence-electron chi connectivity index (χ2n) is 3.94. The van der Waals surface area contributed by atoms with E-state index in [1.807, 2.05) is 42.1 Å². The lowest BCUT2D eigenvalue weighted by Gasteiger charge is -2.06. The SMILES string of the molecule is CCn1ccc(COc2cccc3c2OCO3)n1. The van der Waals surface area contributed by atoms with Gasteiger partial charge in [-0.1, -0.05) is 6.07 Å². The number of aryl methyl sites for hydroxylation is 1. The first-order valence-corrected chi connectivity index (χ1v) is 5.90. The van der Waals surface area contributed by atoms with E-state index < -0.39 is 0 Å². The van der Waals surface area contributed by atoms with Crippen molar-refractivity contribution in [3.63, 3.8) is 0 Å². The van der Waals surface area contributed by atoms with Crippen LogP contribution in [-0.2, 0) is 13.2 Å². The summed E-state index contributed by atoms with van der Waals surface area (Å²) in [7, 11) is 0. The molecule has 0 radical (unpaired) electrons. The largest absolute Gasteiger partial charge is 0.483 e. The Bertz CT molecular complexity index is 551. The molecule has 0 saturated carbocycles. The minimum absolute atomic E-state index is 0.250. The summed E-state index contributed by atoms with van der Waals surface area (Å²) < 4.78 is 18.2. The van der Waals surface area contributed by atoms with Crippen LogP contribution in [-0.4, -0.2) is 16.6 Å². The second-order valence-corrected chi connectivity index (χ2v) is 3.94. The zero-order chi connectivity index (χ0) is 12.4. The van der Waals surface area contributed by atoms with Gasteiger partial charge in [0.2, 0.25) is 12.5 Å². The lowest BCUT2D eigenvalue weighted by atomic mass is 10.3. The van der Waals surface area contributed by atoms with Gasteiger partial charge in [-0.15, -0.1) is 0 Å². The van der Waals surface area contributed by atoms with E-state index >= 15 is 0 Å². The van der Waals surface area contributed by atoms with Crippen molar-refractivity contribution in [1.82, 2.24) is 9.78 Å². The van der Waals surface area contributed by atoms with Crippen LogP contribution in [0.2, 0.25) is 0 Å². The summed E-state index contributed by atoms with van der Waals surface area (Å²) in [5.41, 5.74) is 0.897. The van der Waals surface area contributed by atoms with E-state index in [2.05, 4.69) is 5.10 Å². The van der Waals surface area contributed by atoms with Crippen LogP contribution in [0.25, 0.3) is 0 Å².